The van der Waals surface area contributed by atoms with Gasteiger partial charge in [0, 0.05) is 0 Å². The monoisotopic (exact) mass is 232 g/mol. The zero-order chi connectivity index (χ0) is 13.0. The smallest absolute Gasteiger partial charge is 0.387 e. The van der Waals surface area contributed by atoms with Crippen LogP contribution < -0.4 is 4.74 Å². The summed E-state index contributed by atoms with van der Waals surface area (Å²) in [5.41, 5.74) is 1.02. The molecule has 1 nitrogen and oxygen atoms in total. The molecule has 0 heterocycles. The third-order valence-electron chi connectivity index (χ3n) is 1.25. The van der Waals surface area contributed by atoms with E-state index in [1.165, 1.54) is 18.6 Å². The number of hydrogen-bond donors (Lipinski definition) is 0. The van der Waals surface area contributed by atoms with E-state index in [0.29, 0.717) is 0 Å². The van der Waals surface area contributed by atoms with Gasteiger partial charge in [-0.05, 0) is 19.1 Å². The molecule has 0 aliphatic rings. The summed E-state index contributed by atoms with van der Waals surface area (Å²) < 4.78 is 27.3. The zero-order valence-electron chi connectivity index (χ0n) is 10.8. The normalized spacial score (nSPS) is 8.50. The number of alkyl halides is 2. The van der Waals surface area contributed by atoms with Crippen LogP contribution in [-0.2, 0) is 0 Å². The van der Waals surface area contributed by atoms with Crippen molar-refractivity contribution in [3.8, 4) is 5.75 Å². The van der Waals surface area contributed by atoms with Crippen LogP contribution in [0.15, 0.2) is 24.3 Å². The van der Waals surface area contributed by atoms with Gasteiger partial charge in [0.25, 0.3) is 0 Å². The minimum Gasteiger partial charge on any atom is -0.435 e. The molecule has 0 aliphatic heterocycles. The van der Waals surface area contributed by atoms with Gasteiger partial charge in [0.05, 0.1) is 0 Å². The van der Waals surface area contributed by atoms with E-state index in [-0.39, 0.29) is 5.75 Å². The topological polar surface area (TPSA) is 9.23 Å². The Hall–Kier alpha value is -1.12. The fourth-order valence-corrected chi connectivity index (χ4v) is 0.720. The van der Waals surface area contributed by atoms with Crippen molar-refractivity contribution in [2.45, 2.75) is 47.7 Å². The van der Waals surface area contributed by atoms with Gasteiger partial charge >= 0.3 is 6.61 Å². The fourth-order valence-electron chi connectivity index (χ4n) is 0.720. The number of rotatable bonds is 2. The molecule has 0 aromatic heterocycles. The van der Waals surface area contributed by atoms with Crippen LogP contribution in [-0.4, -0.2) is 6.61 Å². The first-order chi connectivity index (χ1) is 7.60. The van der Waals surface area contributed by atoms with Crippen molar-refractivity contribution in [1.29, 1.82) is 0 Å². The Labute approximate surface area is 97.4 Å². The van der Waals surface area contributed by atoms with Crippen molar-refractivity contribution in [1.82, 2.24) is 0 Å². The van der Waals surface area contributed by atoms with Gasteiger partial charge in [0.15, 0.2) is 0 Å². The lowest BCUT2D eigenvalue weighted by molar-refractivity contribution is -0.0498. The largest absolute Gasteiger partial charge is 0.435 e. The molecular formula is C13H22F2O. The molecule has 1 aromatic rings. The third kappa shape index (κ3) is 11.0. The quantitative estimate of drug-likeness (QED) is 0.694. The molecule has 0 atom stereocenters. The third-order valence-corrected chi connectivity index (χ3v) is 1.25. The second-order valence-corrected chi connectivity index (χ2v) is 2.90. The number of ether oxygens (including phenoxy) is 1. The molecule has 0 fully saturated rings. The Balaban J connectivity index is 0. The summed E-state index contributed by atoms with van der Waals surface area (Å²) in [5, 5.41) is 0. The molecule has 0 saturated carbocycles. The molecule has 0 unspecified atom stereocenters. The Kier molecular flexibility index (Phi) is 12.9. The average Bonchev–Trinajstić information content (AvgIpc) is 2.25. The van der Waals surface area contributed by atoms with Crippen molar-refractivity contribution in [2.24, 2.45) is 0 Å². The number of hydrogen-bond acceptors (Lipinski definition) is 1. The van der Waals surface area contributed by atoms with Gasteiger partial charge in [0.1, 0.15) is 5.75 Å². The molecule has 1 aromatic carbocycles. The van der Waals surface area contributed by atoms with Crippen LogP contribution in [0.25, 0.3) is 0 Å². The Morgan fingerprint density at radius 1 is 1.06 bits per heavy atom. The van der Waals surface area contributed by atoms with Gasteiger partial charge < -0.3 is 4.74 Å². The first-order valence-electron chi connectivity index (χ1n) is 5.61. The summed E-state index contributed by atoms with van der Waals surface area (Å²) >= 11 is 0. The molecular weight excluding hydrogens is 210 g/mol. The van der Waals surface area contributed by atoms with Gasteiger partial charge in [-0.2, -0.15) is 8.78 Å². The highest BCUT2D eigenvalue weighted by atomic mass is 19.3. The lowest BCUT2D eigenvalue weighted by atomic mass is 10.2. The fraction of sp³-hybridized carbons (Fsp3) is 0.538. The predicted molar refractivity (Wildman–Crippen MR) is 65.1 cm³/mol. The zero-order valence-corrected chi connectivity index (χ0v) is 10.8. The second-order valence-electron chi connectivity index (χ2n) is 2.90. The number of aryl methyl sites for hydroxylation is 1. The maximum absolute atomic E-state index is 11.6. The van der Waals surface area contributed by atoms with Crippen molar-refractivity contribution in [3.63, 3.8) is 0 Å². The first-order valence-corrected chi connectivity index (χ1v) is 5.61. The van der Waals surface area contributed by atoms with E-state index in [4.69, 9.17) is 0 Å². The summed E-state index contributed by atoms with van der Waals surface area (Å²) in [6.07, 6.45) is 1.25. The van der Waals surface area contributed by atoms with Gasteiger partial charge in [-0.1, -0.05) is 51.8 Å². The SMILES string of the molecule is CC.CCC.Cc1ccc(OC(F)F)cc1. The molecule has 1 rings (SSSR count). The van der Waals surface area contributed by atoms with Gasteiger partial charge in [-0.15, -0.1) is 0 Å². The van der Waals surface area contributed by atoms with E-state index in [1.807, 2.05) is 20.8 Å². The lowest BCUT2D eigenvalue weighted by Crippen LogP contribution is -2.01. The first kappa shape index (κ1) is 17.3. The lowest BCUT2D eigenvalue weighted by Gasteiger charge is -2.02. The average molecular weight is 232 g/mol. The molecule has 0 spiro atoms. The molecule has 0 amide bonds. The maximum atomic E-state index is 11.6. The van der Waals surface area contributed by atoms with Crippen LogP contribution >= 0.6 is 0 Å². The summed E-state index contributed by atoms with van der Waals surface area (Å²) in [6.45, 7) is 7.39. The van der Waals surface area contributed by atoms with Crippen LogP contribution in [0.5, 0.6) is 5.75 Å². The number of benzene rings is 1. The summed E-state index contributed by atoms with van der Waals surface area (Å²) in [6, 6.07) is 6.47. The maximum Gasteiger partial charge on any atom is 0.387 e. The van der Waals surface area contributed by atoms with E-state index >= 15 is 0 Å². The minimum atomic E-state index is -2.74. The van der Waals surface area contributed by atoms with Crippen molar-refractivity contribution in [2.75, 3.05) is 0 Å². The van der Waals surface area contributed by atoms with E-state index in [1.54, 1.807) is 12.1 Å². The Morgan fingerprint density at radius 3 is 1.75 bits per heavy atom. The minimum absolute atomic E-state index is 0.200. The van der Waals surface area contributed by atoms with E-state index in [9.17, 15) is 8.78 Å². The highest BCUT2D eigenvalue weighted by Crippen LogP contribution is 2.13. The summed E-state index contributed by atoms with van der Waals surface area (Å²) in [5.74, 6) is 0.200. The van der Waals surface area contributed by atoms with Gasteiger partial charge in [-0.3, -0.25) is 0 Å². The standard InChI is InChI=1S/C8H8F2O.C3H8.C2H6/c1-6-2-4-7(5-3-6)11-8(9)10;1-3-2;1-2/h2-5,8H,1H3;3H2,1-2H3;1-2H3. The van der Waals surface area contributed by atoms with Crippen LogP contribution in [0, 0.1) is 6.92 Å². The molecule has 16 heavy (non-hydrogen) atoms. The van der Waals surface area contributed by atoms with E-state index < -0.39 is 6.61 Å². The highest BCUT2D eigenvalue weighted by Gasteiger charge is 2.01. The predicted octanol–water partition coefficient (Wildman–Crippen LogP) is 5.04. The van der Waals surface area contributed by atoms with Crippen molar-refractivity contribution in [3.05, 3.63) is 29.8 Å². The number of halogens is 2. The van der Waals surface area contributed by atoms with Crippen LogP contribution in [0.3, 0.4) is 0 Å². The van der Waals surface area contributed by atoms with E-state index in [0.717, 1.165) is 5.56 Å². The summed E-state index contributed by atoms with van der Waals surface area (Å²) in [4.78, 5) is 0. The highest BCUT2D eigenvalue weighted by molar-refractivity contribution is 5.26. The molecule has 3 heteroatoms. The molecule has 0 radical (unpaired) electrons. The van der Waals surface area contributed by atoms with Crippen molar-refractivity contribution < 1.29 is 13.5 Å². The Bertz CT molecular complexity index is 232. The van der Waals surface area contributed by atoms with Crippen LogP contribution in [0.2, 0.25) is 0 Å². The molecule has 94 valence electrons. The van der Waals surface area contributed by atoms with Crippen LogP contribution in [0.1, 0.15) is 39.7 Å². The van der Waals surface area contributed by atoms with Crippen LogP contribution in [0.4, 0.5) is 8.78 Å². The van der Waals surface area contributed by atoms with Crippen molar-refractivity contribution >= 4 is 0 Å². The van der Waals surface area contributed by atoms with Gasteiger partial charge in [0.2, 0.25) is 0 Å². The molecule has 0 bridgehead atoms. The summed E-state index contributed by atoms with van der Waals surface area (Å²) in [7, 11) is 0. The van der Waals surface area contributed by atoms with Gasteiger partial charge in [-0.25, -0.2) is 0 Å². The second kappa shape index (κ2) is 12.0. The molecule has 0 aliphatic carbocycles. The molecule has 0 saturated heterocycles. The molecule has 0 N–H and O–H groups in total. The Morgan fingerprint density at radius 2 is 1.44 bits per heavy atom. The van der Waals surface area contributed by atoms with E-state index in [2.05, 4.69) is 18.6 Å².